The molecular formula is C24H25F2N3O4. The van der Waals surface area contributed by atoms with E-state index in [-0.39, 0.29) is 17.4 Å². The van der Waals surface area contributed by atoms with E-state index >= 15 is 0 Å². The summed E-state index contributed by atoms with van der Waals surface area (Å²) < 4.78 is 26.7. The van der Waals surface area contributed by atoms with Crippen molar-refractivity contribution in [1.82, 2.24) is 15.5 Å². The number of nitrogens with zero attached hydrogens (tertiary/aromatic N) is 1. The maximum absolute atomic E-state index is 13.4. The number of aliphatic hydroxyl groups excluding tert-OH is 1. The number of nitrogens with one attached hydrogen (secondary N) is 2. The summed E-state index contributed by atoms with van der Waals surface area (Å²) in [5, 5.41) is 15.0. The Bertz CT molecular complexity index is 1040. The quantitative estimate of drug-likeness (QED) is 0.576. The second kappa shape index (κ2) is 10.4. The molecule has 33 heavy (non-hydrogen) atoms. The van der Waals surface area contributed by atoms with Gasteiger partial charge >= 0.3 is 0 Å². The summed E-state index contributed by atoms with van der Waals surface area (Å²) in [6.45, 7) is 1.81. The van der Waals surface area contributed by atoms with Gasteiger partial charge < -0.3 is 20.6 Å². The number of amides is 3. The third-order valence-electron chi connectivity index (χ3n) is 5.38. The van der Waals surface area contributed by atoms with Gasteiger partial charge in [-0.05, 0) is 30.2 Å². The Hall–Kier alpha value is -3.59. The van der Waals surface area contributed by atoms with E-state index in [9.17, 15) is 28.3 Å². The van der Waals surface area contributed by atoms with Gasteiger partial charge in [-0.3, -0.25) is 14.4 Å². The summed E-state index contributed by atoms with van der Waals surface area (Å²) in [5.41, 5.74) is 0.747. The molecule has 9 heteroatoms. The van der Waals surface area contributed by atoms with Gasteiger partial charge in [0, 0.05) is 25.6 Å². The molecule has 0 saturated carbocycles. The van der Waals surface area contributed by atoms with Crippen LogP contribution in [0.25, 0.3) is 0 Å². The maximum atomic E-state index is 13.4. The van der Waals surface area contributed by atoms with Crippen LogP contribution in [0.3, 0.4) is 0 Å². The number of halogens is 2. The lowest BCUT2D eigenvalue weighted by Gasteiger charge is -2.24. The van der Waals surface area contributed by atoms with Crippen LogP contribution in [-0.2, 0) is 14.4 Å². The van der Waals surface area contributed by atoms with Crippen molar-refractivity contribution in [3.63, 3.8) is 0 Å². The molecule has 1 aliphatic rings. The highest BCUT2D eigenvalue weighted by molar-refractivity contribution is 5.93. The first-order valence-electron chi connectivity index (χ1n) is 10.4. The van der Waals surface area contributed by atoms with E-state index in [4.69, 9.17) is 0 Å². The van der Waals surface area contributed by atoms with Crippen molar-refractivity contribution in [2.75, 3.05) is 13.6 Å². The highest BCUT2D eigenvalue weighted by atomic mass is 19.1. The van der Waals surface area contributed by atoms with Gasteiger partial charge in [0.1, 0.15) is 23.7 Å². The topological polar surface area (TPSA) is 98.7 Å². The number of hydrogen-bond acceptors (Lipinski definition) is 4. The first-order valence-corrected chi connectivity index (χ1v) is 10.4. The number of benzene rings is 2. The van der Waals surface area contributed by atoms with Crippen molar-refractivity contribution in [2.24, 2.45) is 0 Å². The molecule has 0 saturated heterocycles. The van der Waals surface area contributed by atoms with Crippen LogP contribution in [0, 0.1) is 11.6 Å². The predicted molar refractivity (Wildman–Crippen MR) is 117 cm³/mol. The summed E-state index contributed by atoms with van der Waals surface area (Å²) in [7, 11) is 1.64. The fourth-order valence-electron chi connectivity index (χ4n) is 3.56. The normalized spacial score (nSPS) is 20.0. The van der Waals surface area contributed by atoms with Gasteiger partial charge in [-0.25, -0.2) is 8.78 Å². The Kier molecular flexibility index (Phi) is 7.55. The molecule has 0 aliphatic carbocycles. The minimum atomic E-state index is -1.87. The van der Waals surface area contributed by atoms with E-state index in [1.807, 2.05) is 36.4 Å². The van der Waals surface area contributed by atoms with E-state index < -0.39 is 41.6 Å². The van der Waals surface area contributed by atoms with E-state index in [1.165, 1.54) is 11.8 Å². The van der Waals surface area contributed by atoms with Crippen molar-refractivity contribution >= 4 is 17.7 Å². The second-order valence-electron chi connectivity index (χ2n) is 7.94. The molecule has 0 spiro atoms. The summed E-state index contributed by atoms with van der Waals surface area (Å²) in [6, 6.07) is 9.85. The molecule has 3 amide bonds. The molecule has 1 aliphatic heterocycles. The lowest BCUT2D eigenvalue weighted by molar-refractivity contribution is -0.136. The Balaban J connectivity index is 1.64. The Morgan fingerprint density at radius 3 is 2.33 bits per heavy atom. The number of carbonyl (C=O) groups excluding carboxylic acids is 3. The average molecular weight is 457 g/mol. The molecule has 1 heterocycles. The van der Waals surface area contributed by atoms with Crippen LogP contribution >= 0.6 is 0 Å². The van der Waals surface area contributed by atoms with Gasteiger partial charge in [0.25, 0.3) is 5.91 Å². The molecule has 0 radical (unpaired) electrons. The average Bonchev–Trinajstić information content (AvgIpc) is 2.92. The molecule has 2 aromatic carbocycles. The molecular weight excluding hydrogens is 432 g/mol. The van der Waals surface area contributed by atoms with Gasteiger partial charge in [-0.1, -0.05) is 42.5 Å². The van der Waals surface area contributed by atoms with Crippen LogP contribution < -0.4 is 10.6 Å². The van der Waals surface area contributed by atoms with Crippen molar-refractivity contribution in [1.29, 1.82) is 0 Å². The number of hydrogen-bond donors (Lipinski definition) is 3. The van der Waals surface area contributed by atoms with Gasteiger partial charge in [0.05, 0.1) is 0 Å². The van der Waals surface area contributed by atoms with E-state index in [0.717, 1.165) is 17.7 Å². The van der Waals surface area contributed by atoms with Crippen LogP contribution in [0.1, 0.15) is 30.1 Å². The molecule has 2 aromatic rings. The maximum Gasteiger partial charge on any atom is 0.254 e. The van der Waals surface area contributed by atoms with Gasteiger partial charge in [-0.2, -0.15) is 0 Å². The predicted octanol–water partition coefficient (Wildman–Crippen LogP) is 1.80. The van der Waals surface area contributed by atoms with Crippen LogP contribution in [0.15, 0.2) is 60.7 Å². The number of rotatable bonds is 6. The molecule has 0 unspecified atom stereocenters. The Labute approximate surface area is 190 Å². The van der Waals surface area contributed by atoms with Crippen molar-refractivity contribution in [3.8, 4) is 0 Å². The summed E-state index contributed by atoms with van der Waals surface area (Å²) >= 11 is 0. The lowest BCUT2D eigenvalue weighted by atomic mass is 9.98. The third-order valence-corrected chi connectivity index (χ3v) is 5.38. The number of aliphatic hydroxyl groups is 1. The van der Waals surface area contributed by atoms with Gasteiger partial charge in [0.2, 0.25) is 11.8 Å². The van der Waals surface area contributed by atoms with Gasteiger partial charge in [-0.15, -0.1) is 0 Å². The summed E-state index contributed by atoms with van der Waals surface area (Å²) in [4.78, 5) is 39.1. The first kappa shape index (κ1) is 24.1. The van der Waals surface area contributed by atoms with Crippen LogP contribution in [-0.4, -0.2) is 53.4 Å². The molecule has 4 atom stereocenters. The fourth-order valence-corrected chi connectivity index (χ4v) is 3.56. The molecule has 3 rings (SSSR count). The van der Waals surface area contributed by atoms with Crippen molar-refractivity contribution in [3.05, 3.63) is 83.4 Å². The monoisotopic (exact) mass is 457 g/mol. The molecule has 7 nitrogen and oxygen atoms in total. The van der Waals surface area contributed by atoms with Crippen molar-refractivity contribution in [2.45, 2.75) is 31.0 Å². The smallest absolute Gasteiger partial charge is 0.254 e. The number of carbonyl (C=O) groups is 3. The first-order chi connectivity index (χ1) is 15.7. The van der Waals surface area contributed by atoms with Gasteiger partial charge in [0.15, 0.2) is 6.10 Å². The number of likely N-dealkylation sites (N-methyl/N-ethyl adjacent to an activating group) is 1. The van der Waals surface area contributed by atoms with Crippen molar-refractivity contribution < 1.29 is 28.3 Å². The Morgan fingerprint density at radius 2 is 1.70 bits per heavy atom. The minimum Gasteiger partial charge on any atom is -0.378 e. The van der Waals surface area contributed by atoms with Crippen LogP contribution in [0.4, 0.5) is 8.78 Å². The summed E-state index contributed by atoms with van der Waals surface area (Å²) in [6.07, 6.45) is 1.59. The van der Waals surface area contributed by atoms with Crippen LogP contribution in [0.5, 0.6) is 0 Å². The standard InChI is InChI=1S/C24H25F2N3O4/c1-14(27-23(32)21(30)17-10-18(25)12-19(26)11-17)22(31)28-20-9-8-16(13-29(2)24(20)33)15-6-4-3-5-7-15/h3-12,14,16,20-21,30H,13H2,1-2H3,(H,27,32)(H,28,31)/t14-,16+,20-,21+/m0/s1. The SMILES string of the molecule is C[C@H](NC(=O)[C@H](O)c1cc(F)cc(F)c1)C(=O)N[C@H]1C=C[C@@H](c2ccccc2)CN(C)C1=O. The second-order valence-corrected chi connectivity index (χ2v) is 7.94. The zero-order chi connectivity index (χ0) is 24.1. The zero-order valence-electron chi connectivity index (χ0n) is 18.2. The fraction of sp³-hybridized carbons (Fsp3) is 0.292. The minimum absolute atomic E-state index is 0.0408. The van der Waals surface area contributed by atoms with Crippen LogP contribution in [0.2, 0.25) is 0 Å². The summed E-state index contributed by atoms with van der Waals surface area (Å²) in [5.74, 6) is -3.91. The van der Waals surface area contributed by atoms with E-state index in [2.05, 4.69) is 10.6 Å². The largest absolute Gasteiger partial charge is 0.378 e. The van der Waals surface area contributed by atoms with E-state index in [0.29, 0.717) is 12.6 Å². The highest BCUT2D eigenvalue weighted by Crippen LogP contribution is 2.21. The molecule has 3 N–H and O–H groups in total. The molecule has 0 bridgehead atoms. The zero-order valence-corrected chi connectivity index (χ0v) is 18.2. The third kappa shape index (κ3) is 6.01. The Morgan fingerprint density at radius 1 is 1.06 bits per heavy atom. The molecule has 174 valence electrons. The highest BCUT2D eigenvalue weighted by Gasteiger charge is 2.29. The lowest BCUT2D eigenvalue weighted by Crippen LogP contribution is -2.52. The van der Waals surface area contributed by atoms with E-state index in [1.54, 1.807) is 13.1 Å². The molecule has 0 aromatic heterocycles. The molecule has 0 fully saturated rings.